The van der Waals surface area contributed by atoms with E-state index >= 15 is 0 Å². The summed E-state index contributed by atoms with van der Waals surface area (Å²) >= 11 is 1.38. The van der Waals surface area contributed by atoms with Gasteiger partial charge in [0.15, 0.2) is 5.13 Å². The number of nitrogens with two attached hydrogens (primary N) is 1. The van der Waals surface area contributed by atoms with Gasteiger partial charge in [0.05, 0.1) is 6.04 Å². The number of nitrogens with zero attached hydrogens (tertiary/aromatic N) is 1. The van der Waals surface area contributed by atoms with Gasteiger partial charge in [-0.05, 0) is 23.6 Å². The number of amides is 1. The predicted molar refractivity (Wildman–Crippen MR) is 94.6 cm³/mol. The van der Waals surface area contributed by atoms with Gasteiger partial charge in [-0.3, -0.25) is 4.79 Å². The molecule has 2 unspecified atom stereocenters. The molecule has 0 aliphatic heterocycles. The van der Waals surface area contributed by atoms with Crippen molar-refractivity contribution in [3.8, 4) is 0 Å². The van der Waals surface area contributed by atoms with Crippen LogP contribution in [0.25, 0.3) is 0 Å². The van der Waals surface area contributed by atoms with Gasteiger partial charge in [0.25, 0.3) is 0 Å². The Hall–Kier alpha value is -1.50. The normalized spacial score (nSPS) is 13.0. The lowest BCUT2D eigenvalue weighted by Gasteiger charge is -2.16. The van der Waals surface area contributed by atoms with E-state index in [1.54, 1.807) is 12.3 Å². The van der Waals surface area contributed by atoms with Crippen LogP contribution in [0.15, 0.2) is 30.5 Å². The molecule has 126 valence electrons. The molecule has 2 atom stereocenters. The maximum Gasteiger partial charge on any atom is 0.243 e. The highest BCUT2D eigenvalue weighted by atomic mass is 35.5. The van der Waals surface area contributed by atoms with E-state index in [1.165, 1.54) is 23.5 Å². The topological polar surface area (TPSA) is 68.0 Å². The minimum Gasteiger partial charge on any atom is -0.320 e. The molecule has 1 aromatic carbocycles. The number of anilines is 1. The fraction of sp³-hybridized carbons (Fsp3) is 0.375. The smallest absolute Gasteiger partial charge is 0.243 e. The number of benzene rings is 1. The molecular formula is C16H21ClFN3OS. The van der Waals surface area contributed by atoms with E-state index in [0.29, 0.717) is 11.6 Å². The SMILES string of the molecule is CCC(C)C(N)C(=O)Nc1ncc(Cc2cccc(F)c2)s1.Cl. The first kappa shape index (κ1) is 19.5. The van der Waals surface area contributed by atoms with Crippen LogP contribution in [0.1, 0.15) is 30.7 Å². The Labute approximate surface area is 145 Å². The molecule has 0 bridgehead atoms. The van der Waals surface area contributed by atoms with Crippen LogP contribution in [0.3, 0.4) is 0 Å². The second kappa shape index (κ2) is 8.96. The highest BCUT2D eigenvalue weighted by Crippen LogP contribution is 2.22. The molecule has 1 heterocycles. The van der Waals surface area contributed by atoms with Gasteiger partial charge < -0.3 is 11.1 Å². The number of hydrogen-bond acceptors (Lipinski definition) is 4. The lowest BCUT2D eigenvalue weighted by molar-refractivity contribution is -0.118. The van der Waals surface area contributed by atoms with Gasteiger partial charge in [-0.2, -0.15) is 0 Å². The summed E-state index contributed by atoms with van der Waals surface area (Å²) in [5.41, 5.74) is 6.76. The van der Waals surface area contributed by atoms with Crippen molar-refractivity contribution in [1.82, 2.24) is 4.98 Å². The number of nitrogens with one attached hydrogen (secondary N) is 1. The molecule has 7 heteroatoms. The van der Waals surface area contributed by atoms with Crippen molar-refractivity contribution in [2.24, 2.45) is 11.7 Å². The summed E-state index contributed by atoms with van der Waals surface area (Å²) in [4.78, 5) is 17.1. The summed E-state index contributed by atoms with van der Waals surface area (Å²) in [6.45, 7) is 3.94. The number of rotatable bonds is 6. The molecule has 0 radical (unpaired) electrons. The lowest BCUT2D eigenvalue weighted by Crippen LogP contribution is -2.40. The maximum atomic E-state index is 13.2. The third kappa shape index (κ3) is 5.57. The molecule has 1 aromatic heterocycles. The van der Waals surface area contributed by atoms with E-state index in [2.05, 4.69) is 10.3 Å². The van der Waals surface area contributed by atoms with Crippen molar-refractivity contribution < 1.29 is 9.18 Å². The van der Waals surface area contributed by atoms with Crippen LogP contribution in [-0.2, 0) is 11.2 Å². The summed E-state index contributed by atoms with van der Waals surface area (Å²) < 4.78 is 13.2. The van der Waals surface area contributed by atoms with Crippen LogP contribution in [0.5, 0.6) is 0 Å². The third-order valence-electron chi connectivity index (χ3n) is 3.61. The first-order valence-corrected chi connectivity index (χ1v) is 8.06. The number of thiazole rings is 1. The number of aromatic nitrogens is 1. The second-order valence-corrected chi connectivity index (χ2v) is 6.45. The van der Waals surface area contributed by atoms with Gasteiger partial charge in [-0.15, -0.1) is 23.7 Å². The lowest BCUT2D eigenvalue weighted by atomic mass is 10.00. The zero-order chi connectivity index (χ0) is 16.1. The summed E-state index contributed by atoms with van der Waals surface area (Å²) in [6, 6.07) is 5.91. The molecule has 3 N–H and O–H groups in total. The predicted octanol–water partition coefficient (Wildman–Crippen LogP) is 3.61. The summed E-state index contributed by atoms with van der Waals surface area (Å²) in [5.74, 6) is -0.359. The maximum absolute atomic E-state index is 13.2. The van der Waals surface area contributed by atoms with Crippen molar-refractivity contribution in [3.05, 3.63) is 46.7 Å². The van der Waals surface area contributed by atoms with Crippen molar-refractivity contribution >= 4 is 34.8 Å². The van der Waals surface area contributed by atoms with Gasteiger partial charge in [-0.1, -0.05) is 32.4 Å². The first-order valence-electron chi connectivity index (χ1n) is 7.25. The first-order chi connectivity index (χ1) is 10.5. The number of carbonyl (C=O) groups excluding carboxylic acids is 1. The third-order valence-corrected chi connectivity index (χ3v) is 4.52. The zero-order valence-corrected chi connectivity index (χ0v) is 14.7. The average molecular weight is 358 g/mol. The zero-order valence-electron chi connectivity index (χ0n) is 13.1. The molecule has 1 amide bonds. The molecule has 0 saturated heterocycles. The van der Waals surface area contributed by atoms with Crippen LogP contribution >= 0.6 is 23.7 Å². The minimum absolute atomic E-state index is 0. The number of halogens is 2. The quantitative estimate of drug-likeness (QED) is 0.829. The monoisotopic (exact) mass is 357 g/mol. The molecule has 0 saturated carbocycles. The second-order valence-electron chi connectivity index (χ2n) is 5.34. The Balaban J connectivity index is 0.00000264. The van der Waals surface area contributed by atoms with Crippen LogP contribution in [0.2, 0.25) is 0 Å². The fourth-order valence-corrected chi connectivity index (χ4v) is 2.85. The Bertz CT molecular complexity index is 650. The van der Waals surface area contributed by atoms with E-state index in [9.17, 15) is 9.18 Å². The molecular weight excluding hydrogens is 337 g/mol. The van der Waals surface area contributed by atoms with Crippen LogP contribution < -0.4 is 11.1 Å². The van der Waals surface area contributed by atoms with Gasteiger partial charge in [-0.25, -0.2) is 9.37 Å². The van der Waals surface area contributed by atoms with Crippen molar-refractivity contribution in [1.29, 1.82) is 0 Å². The van der Waals surface area contributed by atoms with Gasteiger partial charge in [0.2, 0.25) is 5.91 Å². The van der Waals surface area contributed by atoms with E-state index in [0.717, 1.165) is 16.9 Å². The van der Waals surface area contributed by atoms with E-state index < -0.39 is 6.04 Å². The number of hydrogen-bond donors (Lipinski definition) is 2. The van der Waals surface area contributed by atoms with Gasteiger partial charge in [0.1, 0.15) is 5.82 Å². The summed E-state index contributed by atoms with van der Waals surface area (Å²) in [5, 5.41) is 3.27. The minimum atomic E-state index is -0.541. The molecule has 0 spiro atoms. The standard InChI is InChI=1S/C16H20FN3OS.ClH/c1-3-10(2)14(18)15(21)20-16-19-9-13(22-16)8-11-5-4-6-12(17)7-11;/h4-7,9-10,14H,3,8,18H2,1-2H3,(H,19,20,21);1H. The highest BCUT2D eigenvalue weighted by molar-refractivity contribution is 7.15. The van der Waals surface area contributed by atoms with Crippen molar-refractivity contribution in [2.75, 3.05) is 5.32 Å². The largest absolute Gasteiger partial charge is 0.320 e. The average Bonchev–Trinajstić information content (AvgIpc) is 2.92. The fourth-order valence-electron chi connectivity index (χ4n) is 2.00. The van der Waals surface area contributed by atoms with E-state index in [1.807, 2.05) is 19.9 Å². The van der Waals surface area contributed by atoms with Crippen molar-refractivity contribution in [2.45, 2.75) is 32.7 Å². The molecule has 0 aliphatic rings. The van der Waals surface area contributed by atoms with Crippen LogP contribution in [-0.4, -0.2) is 16.9 Å². The number of carbonyl (C=O) groups is 1. The summed E-state index contributed by atoms with van der Waals surface area (Å²) in [7, 11) is 0. The van der Waals surface area contributed by atoms with Crippen LogP contribution in [0.4, 0.5) is 9.52 Å². The molecule has 4 nitrogen and oxygen atoms in total. The van der Waals surface area contributed by atoms with Gasteiger partial charge in [0, 0.05) is 17.5 Å². The highest BCUT2D eigenvalue weighted by Gasteiger charge is 2.20. The van der Waals surface area contributed by atoms with E-state index in [-0.39, 0.29) is 30.0 Å². The molecule has 23 heavy (non-hydrogen) atoms. The van der Waals surface area contributed by atoms with Crippen LogP contribution in [0, 0.1) is 11.7 Å². The Morgan fingerprint density at radius 1 is 1.48 bits per heavy atom. The Kier molecular flexibility index (Phi) is 7.61. The summed E-state index contributed by atoms with van der Waals surface area (Å²) in [6.07, 6.45) is 3.12. The van der Waals surface area contributed by atoms with Gasteiger partial charge >= 0.3 is 0 Å². The molecule has 0 fully saturated rings. The Morgan fingerprint density at radius 3 is 2.87 bits per heavy atom. The van der Waals surface area contributed by atoms with Crippen molar-refractivity contribution in [3.63, 3.8) is 0 Å². The molecule has 2 aromatic rings. The molecule has 0 aliphatic carbocycles. The Morgan fingerprint density at radius 2 is 2.22 bits per heavy atom. The molecule has 2 rings (SSSR count). The van der Waals surface area contributed by atoms with E-state index in [4.69, 9.17) is 5.73 Å².